The molecule has 25 heavy (non-hydrogen) atoms. The quantitative estimate of drug-likeness (QED) is 0.442. The Balaban J connectivity index is 1.98. The monoisotopic (exact) mass is 321 g/mol. The molecule has 0 aliphatic heterocycles. The molecule has 0 amide bonds. The van der Waals surface area contributed by atoms with E-state index < -0.39 is 0 Å². The molecule has 0 radical (unpaired) electrons. The Morgan fingerprint density at radius 2 is 0.760 bits per heavy atom. The molecule has 1 nitrogen and oxygen atoms in total. The van der Waals surface area contributed by atoms with Crippen LogP contribution < -0.4 is 5.73 Å². The first kappa shape index (κ1) is 15.2. The number of benzene rings is 4. The maximum atomic E-state index is 6.59. The summed E-state index contributed by atoms with van der Waals surface area (Å²) in [5.74, 6) is 0. The Kier molecular flexibility index (Phi) is 4.05. The van der Waals surface area contributed by atoms with Crippen molar-refractivity contribution < 1.29 is 0 Å². The predicted octanol–water partition coefficient (Wildman–Crippen LogP) is 6.27. The van der Waals surface area contributed by atoms with Crippen LogP contribution in [0.3, 0.4) is 0 Å². The van der Waals surface area contributed by atoms with E-state index >= 15 is 0 Å². The second kappa shape index (κ2) is 6.66. The van der Waals surface area contributed by atoms with E-state index in [1.807, 2.05) is 42.5 Å². The van der Waals surface area contributed by atoms with E-state index in [9.17, 15) is 0 Å². The van der Waals surface area contributed by atoms with Crippen LogP contribution in [0.15, 0.2) is 103 Å². The smallest absolute Gasteiger partial charge is 0.0473 e. The van der Waals surface area contributed by atoms with Gasteiger partial charge in [0.15, 0.2) is 0 Å². The summed E-state index contributed by atoms with van der Waals surface area (Å²) in [6.45, 7) is 0. The fourth-order valence-corrected chi connectivity index (χ4v) is 3.16. The minimum atomic E-state index is 0.817. The van der Waals surface area contributed by atoms with Crippen molar-refractivity contribution in [2.45, 2.75) is 0 Å². The molecular weight excluding hydrogens is 302 g/mol. The third-order valence-corrected chi connectivity index (χ3v) is 4.46. The first-order valence-electron chi connectivity index (χ1n) is 8.43. The van der Waals surface area contributed by atoms with Crippen molar-refractivity contribution in [3.63, 3.8) is 0 Å². The molecule has 4 aromatic rings. The van der Waals surface area contributed by atoms with Gasteiger partial charge in [-0.25, -0.2) is 0 Å². The lowest BCUT2D eigenvalue weighted by atomic mass is 9.91. The second-order valence-electron chi connectivity index (χ2n) is 6.08. The van der Waals surface area contributed by atoms with Crippen LogP contribution >= 0.6 is 0 Å². The van der Waals surface area contributed by atoms with E-state index in [0.717, 1.165) is 27.9 Å². The van der Waals surface area contributed by atoms with Crippen LogP contribution in [0.2, 0.25) is 0 Å². The van der Waals surface area contributed by atoms with E-state index in [4.69, 9.17) is 5.73 Å². The third kappa shape index (κ3) is 3.05. The topological polar surface area (TPSA) is 26.0 Å². The van der Waals surface area contributed by atoms with Crippen molar-refractivity contribution in [1.82, 2.24) is 0 Å². The van der Waals surface area contributed by atoms with E-state index in [1.165, 1.54) is 11.1 Å². The van der Waals surface area contributed by atoms with Crippen LogP contribution in [0.4, 0.5) is 5.69 Å². The molecule has 2 N–H and O–H groups in total. The summed E-state index contributed by atoms with van der Waals surface area (Å²) in [5.41, 5.74) is 14.2. The van der Waals surface area contributed by atoms with Crippen LogP contribution in [0.5, 0.6) is 0 Å². The largest absolute Gasteiger partial charge is 0.398 e. The summed E-state index contributed by atoms with van der Waals surface area (Å²) in [6.07, 6.45) is 0. The molecular formula is C24H19N. The van der Waals surface area contributed by atoms with Crippen molar-refractivity contribution >= 4 is 5.69 Å². The van der Waals surface area contributed by atoms with E-state index in [1.54, 1.807) is 0 Å². The van der Waals surface area contributed by atoms with Gasteiger partial charge in [0.1, 0.15) is 0 Å². The Hall–Kier alpha value is -3.32. The highest BCUT2D eigenvalue weighted by Gasteiger charge is 2.12. The highest BCUT2D eigenvalue weighted by Crippen LogP contribution is 2.38. The zero-order valence-electron chi connectivity index (χ0n) is 13.9. The third-order valence-electron chi connectivity index (χ3n) is 4.46. The molecule has 0 fully saturated rings. The van der Waals surface area contributed by atoms with Crippen LogP contribution in [-0.4, -0.2) is 0 Å². The van der Waals surface area contributed by atoms with Crippen LogP contribution in [0, 0.1) is 0 Å². The molecule has 0 unspecified atom stereocenters. The predicted molar refractivity (Wildman–Crippen MR) is 107 cm³/mol. The molecule has 120 valence electrons. The highest BCUT2D eigenvalue weighted by atomic mass is 14.6. The van der Waals surface area contributed by atoms with Gasteiger partial charge in [0.2, 0.25) is 0 Å². The maximum absolute atomic E-state index is 6.59. The minimum absolute atomic E-state index is 0.817. The van der Waals surface area contributed by atoms with E-state index in [2.05, 4.69) is 60.7 Å². The van der Waals surface area contributed by atoms with E-state index in [0.29, 0.717) is 0 Å². The molecule has 4 rings (SSSR count). The number of nitrogens with two attached hydrogens (primary N) is 1. The van der Waals surface area contributed by atoms with Crippen molar-refractivity contribution in [3.8, 4) is 33.4 Å². The maximum Gasteiger partial charge on any atom is 0.0473 e. The molecule has 0 aliphatic rings. The van der Waals surface area contributed by atoms with Gasteiger partial charge in [-0.15, -0.1) is 0 Å². The zero-order valence-corrected chi connectivity index (χ0v) is 13.9. The molecule has 0 saturated carbocycles. The summed E-state index contributed by atoms with van der Waals surface area (Å²) < 4.78 is 0. The summed E-state index contributed by atoms with van der Waals surface area (Å²) in [4.78, 5) is 0. The fraction of sp³-hybridized carbons (Fsp3) is 0. The molecule has 0 atom stereocenters. The Morgan fingerprint density at radius 1 is 0.400 bits per heavy atom. The minimum Gasteiger partial charge on any atom is -0.398 e. The van der Waals surface area contributed by atoms with Crippen molar-refractivity contribution in [3.05, 3.63) is 103 Å². The van der Waals surface area contributed by atoms with Gasteiger partial charge in [-0.2, -0.15) is 0 Å². The van der Waals surface area contributed by atoms with Crippen molar-refractivity contribution in [2.24, 2.45) is 0 Å². The summed E-state index contributed by atoms with van der Waals surface area (Å²) >= 11 is 0. The number of anilines is 1. The molecule has 0 aromatic heterocycles. The molecule has 0 saturated heterocycles. The summed E-state index contributed by atoms with van der Waals surface area (Å²) in [6, 6.07) is 35.5. The standard InChI is InChI=1S/C24H19N/c25-24-22(19-12-6-2-7-13-19)16-21(18-10-4-1-5-11-18)17-23(24)20-14-8-3-9-15-20/h1-17H,25H2. The van der Waals surface area contributed by atoms with Gasteiger partial charge in [0.25, 0.3) is 0 Å². The van der Waals surface area contributed by atoms with Gasteiger partial charge < -0.3 is 5.73 Å². The summed E-state index contributed by atoms with van der Waals surface area (Å²) in [7, 11) is 0. The highest BCUT2D eigenvalue weighted by molar-refractivity contribution is 5.93. The molecule has 4 aromatic carbocycles. The van der Waals surface area contributed by atoms with Gasteiger partial charge in [0, 0.05) is 16.8 Å². The number of hydrogen-bond donors (Lipinski definition) is 1. The lowest BCUT2D eigenvalue weighted by Gasteiger charge is -2.15. The van der Waals surface area contributed by atoms with Crippen LogP contribution in [0.25, 0.3) is 33.4 Å². The van der Waals surface area contributed by atoms with Crippen LogP contribution in [0.1, 0.15) is 0 Å². The lowest BCUT2D eigenvalue weighted by molar-refractivity contribution is 1.56. The first-order chi connectivity index (χ1) is 12.3. The van der Waals surface area contributed by atoms with Gasteiger partial charge in [-0.1, -0.05) is 91.0 Å². The van der Waals surface area contributed by atoms with Crippen LogP contribution in [-0.2, 0) is 0 Å². The number of hydrogen-bond acceptors (Lipinski definition) is 1. The molecule has 0 spiro atoms. The number of rotatable bonds is 3. The Morgan fingerprint density at radius 3 is 1.16 bits per heavy atom. The normalized spacial score (nSPS) is 10.6. The van der Waals surface area contributed by atoms with Gasteiger partial charge in [-0.05, 0) is 34.4 Å². The zero-order chi connectivity index (χ0) is 17.1. The molecule has 1 heteroatoms. The first-order valence-corrected chi connectivity index (χ1v) is 8.43. The average Bonchev–Trinajstić information content (AvgIpc) is 2.70. The molecule has 0 bridgehead atoms. The second-order valence-corrected chi connectivity index (χ2v) is 6.08. The Labute approximate surface area is 148 Å². The van der Waals surface area contributed by atoms with Gasteiger partial charge >= 0.3 is 0 Å². The lowest BCUT2D eigenvalue weighted by Crippen LogP contribution is -1.96. The molecule has 0 heterocycles. The SMILES string of the molecule is Nc1c(-c2ccccc2)cc(-c2ccccc2)cc1-c1ccccc1. The van der Waals surface area contributed by atoms with Gasteiger partial charge in [-0.3, -0.25) is 0 Å². The van der Waals surface area contributed by atoms with Gasteiger partial charge in [0.05, 0.1) is 0 Å². The van der Waals surface area contributed by atoms with Crippen molar-refractivity contribution in [1.29, 1.82) is 0 Å². The summed E-state index contributed by atoms with van der Waals surface area (Å²) in [5, 5.41) is 0. The van der Waals surface area contributed by atoms with Crippen molar-refractivity contribution in [2.75, 3.05) is 5.73 Å². The fourth-order valence-electron chi connectivity index (χ4n) is 3.16. The van der Waals surface area contributed by atoms with E-state index in [-0.39, 0.29) is 0 Å². The average molecular weight is 321 g/mol. The number of nitrogen functional groups attached to an aromatic ring is 1. The Bertz CT molecular complexity index is 914. The molecule has 0 aliphatic carbocycles.